The van der Waals surface area contributed by atoms with E-state index in [1.54, 1.807) is 7.11 Å². The van der Waals surface area contributed by atoms with Gasteiger partial charge in [0.2, 0.25) is 0 Å². The van der Waals surface area contributed by atoms with Gasteiger partial charge in [-0.15, -0.1) is 0 Å². The summed E-state index contributed by atoms with van der Waals surface area (Å²) in [4.78, 5) is 4.66. The Balaban J connectivity index is 1.72. The SMILES string of the molecule is COCCC1CSC(=NCC2CCOC2C)N1. The van der Waals surface area contributed by atoms with Crippen molar-refractivity contribution in [3.8, 4) is 0 Å². The van der Waals surface area contributed by atoms with E-state index in [1.807, 2.05) is 11.8 Å². The van der Waals surface area contributed by atoms with Crippen molar-refractivity contribution in [2.75, 3.05) is 32.6 Å². The summed E-state index contributed by atoms with van der Waals surface area (Å²) in [6.07, 6.45) is 2.58. The van der Waals surface area contributed by atoms with Gasteiger partial charge in [-0.1, -0.05) is 11.8 Å². The predicted octanol–water partition coefficient (Wildman–Crippen LogP) is 1.51. The third-order valence-corrected chi connectivity index (χ3v) is 4.51. The summed E-state index contributed by atoms with van der Waals surface area (Å²) in [5, 5.41) is 4.56. The van der Waals surface area contributed by atoms with Gasteiger partial charge >= 0.3 is 0 Å². The first-order valence-electron chi connectivity index (χ1n) is 6.34. The molecule has 2 heterocycles. The van der Waals surface area contributed by atoms with E-state index in [4.69, 9.17) is 9.47 Å². The van der Waals surface area contributed by atoms with Gasteiger partial charge in [-0.2, -0.15) is 0 Å². The Bertz CT molecular complexity index is 273. The van der Waals surface area contributed by atoms with Gasteiger partial charge in [-0.3, -0.25) is 4.99 Å². The Morgan fingerprint density at radius 1 is 1.59 bits per heavy atom. The molecule has 0 saturated carbocycles. The van der Waals surface area contributed by atoms with Crippen LogP contribution < -0.4 is 5.32 Å². The van der Waals surface area contributed by atoms with Crippen LogP contribution in [0.3, 0.4) is 0 Å². The van der Waals surface area contributed by atoms with E-state index in [9.17, 15) is 0 Å². The molecule has 0 aromatic heterocycles. The van der Waals surface area contributed by atoms with Crippen molar-refractivity contribution in [2.45, 2.75) is 31.9 Å². The van der Waals surface area contributed by atoms with Gasteiger partial charge in [-0.05, 0) is 19.8 Å². The molecular formula is C12H22N2O2S. The minimum absolute atomic E-state index is 0.370. The van der Waals surface area contributed by atoms with E-state index in [1.165, 1.54) is 0 Å². The van der Waals surface area contributed by atoms with E-state index < -0.39 is 0 Å². The zero-order valence-corrected chi connectivity index (χ0v) is 11.5. The molecule has 3 atom stereocenters. The van der Waals surface area contributed by atoms with Crippen LogP contribution in [0.5, 0.6) is 0 Å². The average Bonchev–Trinajstić information content (AvgIpc) is 2.93. The van der Waals surface area contributed by atoms with Crippen LogP contribution in [-0.4, -0.2) is 49.9 Å². The monoisotopic (exact) mass is 258 g/mol. The van der Waals surface area contributed by atoms with E-state index >= 15 is 0 Å². The fourth-order valence-electron chi connectivity index (χ4n) is 2.16. The van der Waals surface area contributed by atoms with Crippen molar-refractivity contribution in [1.82, 2.24) is 5.32 Å². The number of nitrogens with zero attached hydrogens (tertiary/aromatic N) is 1. The van der Waals surface area contributed by atoms with Gasteiger partial charge in [0, 0.05) is 44.6 Å². The molecule has 2 saturated heterocycles. The molecule has 0 aliphatic carbocycles. The number of ether oxygens (including phenoxy) is 2. The van der Waals surface area contributed by atoms with Crippen LogP contribution >= 0.6 is 11.8 Å². The van der Waals surface area contributed by atoms with Crippen molar-refractivity contribution in [2.24, 2.45) is 10.9 Å². The fourth-order valence-corrected chi connectivity index (χ4v) is 3.19. The van der Waals surface area contributed by atoms with Gasteiger partial charge < -0.3 is 14.8 Å². The molecule has 17 heavy (non-hydrogen) atoms. The Morgan fingerprint density at radius 2 is 2.47 bits per heavy atom. The number of methoxy groups -OCH3 is 1. The van der Waals surface area contributed by atoms with Gasteiger partial charge in [0.1, 0.15) is 0 Å². The minimum Gasteiger partial charge on any atom is -0.385 e. The molecule has 5 heteroatoms. The number of hydrogen-bond acceptors (Lipinski definition) is 4. The first-order chi connectivity index (χ1) is 8.29. The molecule has 4 nitrogen and oxygen atoms in total. The summed E-state index contributed by atoms with van der Waals surface area (Å²) >= 11 is 1.83. The van der Waals surface area contributed by atoms with E-state index in [0.717, 1.165) is 43.5 Å². The van der Waals surface area contributed by atoms with Crippen LogP contribution in [0.2, 0.25) is 0 Å². The lowest BCUT2D eigenvalue weighted by Crippen LogP contribution is -2.28. The largest absolute Gasteiger partial charge is 0.385 e. The number of rotatable bonds is 5. The van der Waals surface area contributed by atoms with Crippen LogP contribution in [0.15, 0.2) is 4.99 Å². The van der Waals surface area contributed by atoms with Crippen LogP contribution in [0.25, 0.3) is 0 Å². The molecule has 0 bridgehead atoms. The highest BCUT2D eigenvalue weighted by Crippen LogP contribution is 2.22. The molecule has 0 radical (unpaired) electrons. The maximum absolute atomic E-state index is 5.54. The third kappa shape index (κ3) is 3.86. The van der Waals surface area contributed by atoms with E-state index in [2.05, 4.69) is 17.2 Å². The standard InChI is InChI=1S/C12H22N2O2S/c1-9-10(3-6-16-9)7-13-12-14-11(8-17-12)4-5-15-2/h9-11H,3-8H2,1-2H3,(H,13,14). The molecule has 0 aromatic rings. The van der Waals surface area contributed by atoms with Crippen LogP contribution in [0, 0.1) is 5.92 Å². The summed E-state index contributed by atoms with van der Waals surface area (Å²) in [6.45, 7) is 4.76. The summed E-state index contributed by atoms with van der Waals surface area (Å²) in [7, 11) is 1.75. The second-order valence-corrected chi connectivity index (χ2v) is 5.71. The second kappa shape index (κ2) is 6.61. The first kappa shape index (κ1) is 13.2. The van der Waals surface area contributed by atoms with Crippen LogP contribution in [0.1, 0.15) is 19.8 Å². The highest BCUT2D eigenvalue weighted by molar-refractivity contribution is 8.14. The topological polar surface area (TPSA) is 42.9 Å². The molecule has 2 fully saturated rings. The van der Waals surface area contributed by atoms with E-state index in [-0.39, 0.29) is 0 Å². The first-order valence-corrected chi connectivity index (χ1v) is 7.32. The molecular weight excluding hydrogens is 236 g/mol. The number of thioether (sulfide) groups is 1. The number of amidine groups is 1. The molecule has 98 valence electrons. The summed E-state index contributed by atoms with van der Waals surface area (Å²) < 4.78 is 10.6. The summed E-state index contributed by atoms with van der Waals surface area (Å²) in [6, 6.07) is 0.524. The Morgan fingerprint density at radius 3 is 3.18 bits per heavy atom. The Kier molecular flexibility index (Phi) is 5.13. The third-order valence-electron chi connectivity index (χ3n) is 3.42. The van der Waals surface area contributed by atoms with Crippen molar-refractivity contribution in [1.29, 1.82) is 0 Å². The molecule has 2 aliphatic rings. The predicted molar refractivity (Wildman–Crippen MR) is 71.7 cm³/mol. The molecule has 0 spiro atoms. The Hall–Kier alpha value is -0.260. The molecule has 0 aromatic carbocycles. The van der Waals surface area contributed by atoms with E-state index in [0.29, 0.717) is 18.1 Å². The zero-order valence-electron chi connectivity index (χ0n) is 10.6. The van der Waals surface area contributed by atoms with Gasteiger partial charge in [0.25, 0.3) is 0 Å². The zero-order chi connectivity index (χ0) is 12.1. The average molecular weight is 258 g/mol. The quantitative estimate of drug-likeness (QED) is 0.812. The second-order valence-electron chi connectivity index (χ2n) is 4.70. The van der Waals surface area contributed by atoms with Gasteiger partial charge in [-0.25, -0.2) is 0 Å². The van der Waals surface area contributed by atoms with Crippen LogP contribution in [-0.2, 0) is 9.47 Å². The highest BCUT2D eigenvalue weighted by Gasteiger charge is 2.25. The maximum Gasteiger partial charge on any atom is 0.156 e. The number of hydrogen-bond donors (Lipinski definition) is 1. The molecule has 0 amide bonds. The molecule has 1 N–H and O–H groups in total. The lowest BCUT2D eigenvalue weighted by Gasteiger charge is -2.11. The van der Waals surface area contributed by atoms with Gasteiger partial charge in [0.05, 0.1) is 6.10 Å². The number of nitrogens with one attached hydrogen (secondary N) is 1. The molecule has 3 unspecified atom stereocenters. The van der Waals surface area contributed by atoms with Crippen LogP contribution in [0.4, 0.5) is 0 Å². The highest BCUT2D eigenvalue weighted by atomic mass is 32.2. The van der Waals surface area contributed by atoms with Crippen molar-refractivity contribution in [3.05, 3.63) is 0 Å². The smallest absolute Gasteiger partial charge is 0.156 e. The van der Waals surface area contributed by atoms with Crippen molar-refractivity contribution in [3.63, 3.8) is 0 Å². The number of aliphatic imine (C=N–C) groups is 1. The Labute approximate surface area is 108 Å². The minimum atomic E-state index is 0.370. The lowest BCUT2D eigenvalue weighted by molar-refractivity contribution is 0.107. The normalized spacial score (nSPS) is 35.4. The van der Waals surface area contributed by atoms with Crippen molar-refractivity contribution >= 4 is 16.9 Å². The fraction of sp³-hybridized carbons (Fsp3) is 0.917. The summed E-state index contributed by atoms with van der Waals surface area (Å²) in [5.41, 5.74) is 0. The van der Waals surface area contributed by atoms with Gasteiger partial charge in [0.15, 0.2) is 5.17 Å². The van der Waals surface area contributed by atoms with Crippen molar-refractivity contribution < 1.29 is 9.47 Å². The molecule has 2 rings (SSSR count). The lowest BCUT2D eigenvalue weighted by atomic mass is 10.0. The summed E-state index contributed by atoms with van der Waals surface area (Å²) in [5.74, 6) is 1.71. The molecule has 2 aliphatic heterocycles. The maximum atomic E-state index is 5.54.